The number of hydrogen-bond acceptors (Lipinski definition) is 4. The summed E-state index contributed by atoms with van der Waals surface area (Å²) in [5.41, 5.74) is 0.733. The van der Waals surface area contributed by atoms with Crippen molar-refractivity contribution >= 4 is 33.9 Å². The van der Waals surface area contributed by atoms with Crippen molar-refractivity contribution in [1.82, 2.24) is 5.32 Å². The highest BCUT2D eigenvalue weighted by Crippen LogP contribution is 2.24. The number of halogens is 1. The van der Waals surface area contributed by atoms with Gasteiger partial charge in [0.15, 0.2) is 6.10 Å². The van der Waals surface area contributed by atoms with E-state index in [1.54, 1.807) is 19.3 Å². The van der Waals surface area contributed by atoms with Gasteiger partial charge in [0, 0.05) is 22.7 Å². The molecule has 0 aliphatic carbocycles. The van der Waals surface area contributed by atoms with E-state index >= 15 is 0 Å². The number of ether oxygens (including phenoxy) is 2. The fourth-order valence-corrected chi connectivity index (χ4v) is 2.03. The van der Waals surface area contributed by atoms with Gasteiger partial charge >= 0.3 is 5.97 Å². The third-order valence-corrected chi connectivity index (χ3v) is 3.30. The fraction of sp³-hybridized carbons (Fsp3) is 0.375. The molecular weight excluding hydrogens is 350 g/mol. The first kappa shape index (κ1) is 18.2. The van der Waals surface area contributed by atoms with Gasteiger partial charge in [0.2, 0.25) is 0 Å². The van der Waals surface area contributed by atoms with Gasteiger partial charge in [-0.2, -0.15) is 0 Å². The van der Waals surface area contributed by atoms with Crippen molar-refractivity contribution in [3.63, 3.8) is 0 Å². The number of esters is 1. The van der Waals surface area contributed by atoms with Crippen LogP contribution in [0.5, 0.6) is 5.75 Å². The Hall–Kier alpha value is -1.82. The zero-order chi connectivity index (χ0) is 16.5. The lowest BCUT2D eigenvalue weighted by Gasteiger charge is -2.11. The van der Waals surface area contributed by atoms with Crippen molar-refractivity contribution in [2.24, 2.45) is 0 Å². The Balaban J connectivity index is 2.64. The minimum atomic E-state index is -0.826. The normalized spacial score (nSPS) is 12.0. The van der Waals surface area contributed by atoms with E-state index in [2.05, 4.69) is 21.2 Å². The number of nitrogens with one attached hydrogen (secondary N) is 1. The van der Waals surface area contributed by atoms with Crippen LogP contribution in [0.2, 0.25) is 0 Å². The molecule has 22 heavy (non-hydrogen) atoms. The smallest absolute Gasteiger partial charge is 0.331 e. The molecular formula is C16H20BrNO4. The van der Waals surface area contributed by atoms with Gasteiger partial charge in [-0.05, 0) is 37.6 Å². The van der Waals surface area contributed by atoms with Crippen LogP contribution >= 0.6 is 15.9 Å². The molecule has 0 heterocycles. The first-order valence-electron chi connectivity index (χ1n) is 6.97. The van der Waals surface area contributed by atoms with Crippen LogP contribution in [0.1, 0.15) is 25.8 Å². The van der Waals surface area contributed by atoms with Gasteiger partial charge in [-0.1, -0.05) is 22.9 Å². The van der Waals surface area contributed by atoms with E-state index in [0.29, 0.717) is 12.3 Å². The molecule has 1 aromatic carbocycles. The van der Waals surface area contributed by atoms with Crippen molar-refractivity contribution in [2.75, 3.05) is 13.7 Å². The Kier molecular flexibility index (Phi) is 7.66. The summed E-state index contributed by atoms with van der Waals surface area (Å²) in [6.07, 6.45) is 2.86. The van der Waals surface area contributed by atoms with Crippen LogP contribution in [0.3, 0.4) is 0 Å². The Bertz CT molecular complexity index is 557. The molecule has 0 radical (unpaired) electrons. The summed E-state index contributed by atoms with van der Waals surface area (Å²) < 4.78 is 11.1. The van der Waals surface area contributed by atoms with Gasteiger partial charge in [-0.3, -0.25) is 4.79 Å². The van der Waals surface area contributed by atoms with Crippen molar-refractivity contribution in [2.45, 2.75) is 26.4 Å². The van der Waals surface area contributed by atoms with E-state index in [-0.39, 0.29) is 5.91 Å². The van der Waals surface area contributed by atoms with E-state index in [9.17, 15) is 9.59 Å². The number of benzene rings is 1. The largest absolute Gasteiger partial charge is 0.496 e. The monoisotopic (exact) mass is 369 g/mol. The summed E-state index contributed by atoms with van der Waals surface area (Å²) in [6, 6.07) is 5.45. The molecule has 1 N–H and O–H groups in total. The maximum atomic E-state index is 11.7. The van der Waals surface area contributed by atoms with Crippen LogP contribution in [0.4, 0.5) is 0 Å². The lowest BCUT2D eigenvalue weighted by Crippen LogP contribution is -2.35. The molecule has 0 unspecified atom stereocenters. The van der Waals surface area contributed by atoms with Gasteiger partial charge in [-0.15, -0.1) is 0 Å². The first-order valence-corrected chi connectivity index (χ1v) is 7.77. The number of amides is 1. The summed E-state index contributed by atoms with van der Waals surface area (Å²) in [4.78, 5) is 23.4. The second kappa shape index (κ2) is 9.25. The lowest BCUT2D eigenvalue weighted by molar-refractivity contribution is -0.150. The zero-order valence-corrected chi connectivity index (χ0v) is 14.5. The third-order valence-electron chi connectivity index (χ3n) is 2.80. The number of carbonyl (C=O) groups excluding carboxylic acids is 2. The minimum absolute atomic E-state index is 0.302. The van der Waals surface area contributed by atoms with Crippen molar-refractivity contribution in [1.29, 1.82) is 0 Å². The summed E-state index contributed by atoms with van der Waals surface area (Å²) in [6.45, 7) is 4.05. The standard InChI is InChI=1S/C16H20BrNO4/c1-4-9-18-16(20)11(2)22-15(19)8-5-12-10-13(17)6-7-14(12)21-3/h5-8,10-11H,4,9H2,1-3H3,(H,18,20)/b8-5+/t11-/m1/s1. The molecule has 1 rings (SSSR count). The molecule has 1 atom stereocenters. The van der Waals surface area contributed by atoms with E-state index in [1.165, 1.54) is 13.0 Å². The first-order chi connectivity index (χ1) is 10.5. The molecule has 6 heteroatoms. The SMILES string of the molecule is CCCNC(=O)[C@@H](C)OC(=O)/C=C/c1cc(Br)ccc1OC. The highest BCUT2D eigenvalue weighted by Gasteiger charge is 2.15. The molecule has 0 spiro atoms. The molecule has 0 saturated heterocycles. The molecule has 0 fully saturated rings. The fourth-order valence-electron chi connectivity index (χ4n) is 1.65. The molecule has 1 amide bonds. The second-order valence-corrected chi connectivity index (χ2v) is 5.51. The number of hydrogen-bond donors (Lipinski definition) is 1. The van der Waals surface area contributed by atoms with Crippen LogP contribution in [-0.2, 0) is 14.3 Å². The predicted molar refractivity (Wildman–Crippen MR) is 88.6 cm³/mol. The topological polar surface area (TPSA) is 64.6 Å². The van der Waals surface area contributed by atoms with Gasteiger partial charge in [0.1, 0.15) is 5.75 Å². The predicted octanol–water partition coefficient (Wildman–Crippen LogP) is 2.93. The average Bonchev–Trinajstić information content (AvgIpc) is 2.50. The van der Waals surface area contributed by atoms with Gasteiger partial charge in [-0.25, -0.2) is 4.79 Å². The molecule has 0 aliphatic rings. The maximum absolute atomic E-state index is 11.7. The quantitative estimate of drug-likeness (QED) is 0.592. The van der Waals surface area contributed by atoms with E-state index in [1.807, 2.05) is 19.1 Å². The van der Waals surface area contributed by atoms with E-state index in [0.717, 1.165) is 16.5 Å². The molecule has 0 aliphatic heterocycles. The molecule has 120 valence electrons. The average molecular weight is 370 g/mol. The summed E-state index contributed by atoms with van der Waals surface area (Å²) in [7, 11) is 1.55. The van der Waals surface area contributed by atoms with E-state index < -0.39 is 12.1 Å². The minimum Gasteiger partial charge on any atom is -0.496 e. The van der Waals surface area contributed by atoms with Crippen molar-refractivity contribution in [3.05, 3.63) is 34.3 Å². The number of rotatable bonds is 7. The molecule has 0 bridgehead atoms. The Morgan fingerprint density at radius 3 is 2.77 bits per heavy atom. The number of methoxy groups -OCH3 is 1. The van der Waals surface area contributed by atoms with Gasteiger partial charge < -0.3 is 14.8 Å². The lowest BCUT2D eigenvalue weighted by atomic mass is 10.2. The third kappa shape index (κ3) is 5.89. The van der Waals surface area contributed by atoms with Crippen molar-refractivity contribution in [3.8, 4) is 5.75 Å². The summed E-state index contributed by atoms with van der Waals surface area (Å²) >= 11 is 3.36. The Morgan fingerprint density at radius 2 is 2.14 bits per heavy atom. The van der Waals surface area contributed by atoms with Gasteiger partial charge in [0.05, 0.1) is 7.11 Å². The molecule has 0 aromatic heterocycles. The van der Waals surface area contributed by atoms with Crippen LogP contribution in [0, 0.1) is 0 Å². The van der Waals surface area contributed by atoms with Crippen LogP contribution in [-0.4, -0.2) is 31.6 Å². The van der Waals surface area contributed by atoms with Crippen LogP contribution in [0.25, 0.3) is 6.08 Å². The zero-order valence-electron chi connectivity index (χ0n) is 12.9. The molecule has 5 nitrogen and oxygen atoms in total. The van der Waals surface area contributed by atoms with Gasteiger partial charge in [0.25, 0.3) is 5.91 Å². The summed E-state index contributed by atoms with van der Waals surface area (Å²) in [5.74, 6) is -0.245. The summed E-state index contributed by atoms with van der Waals surface area (Å²) in [5, 5.41) is 2.67. The van der Waals surface area contributed by atoms with Crippen LogP contribution in [0.15, 0.2) is 28.7 Å². The highest BCUT2D eigenvalue weighted by molar-refractivity contribution is 9.10. The number of carbonyl (C=O) groups is 2. The molecule has 1 aromatic rings. The molecule has 0 saturated carbocycles. The second-order valence-electron chi connectivity index (χ2n) is 4.59. The van der Waals surface area contributed by atoms with Crippen molar-refractivity contribution < 1.29 is 19.1 Å². The maximum Gasteiger partial charge on any atom is 0.331 e. The van der Waals surface area contributed by atoms with E-state index in [4.69, 9.17) is 9.47 Å². The Morgan fingerprint density at radius 1 is 1.41 bits per heavy atom. The highest BCUT2D eigenvalue weighted by atomic mass is 79.9. The Labute approximate surface area is 138 Å². The van der Waals surface area contributed by atoms with Crippen LogP contribution < -0.4 is 10.1 Å².